The summed E-state index contributed by atoms with van der Waals surface area (Å²) in [7, 11) is 0. The van der Waals surface area contributed by atoms with Crippen molar-refractivity contribution >= 4 is 23.2 Å². The Kier molecular flexibility index (Phi) is 4.33. The van der Waals surface area contributed by atoms with Crippen molar-refractivity contribution in [3.05, 3.63) is 22.4 Å². The molecule has 1 unspecified atom stereocenters. The molecule has 2 amide bonds. The van der Waals surface area contributed by atoms with Gasteiger partial charge in [0.1, 0.15) is 6.04 Å². The van der Waals surface area contributed by atoms with Crippen LogP contribution in [-0.4, -0.2) is 24.9 Å². The second kappa shape index (κ2) is 5.97. The Bertz CT molecular complexity index is 415. The van der Waals surface area contributed by atoms with E-state index in [0.717, 1.165) is 17.7 Å². The normalized spacial score (nSPS) is 16.1. The van der Waals surface area contributed by atoms with Gasteiger partial charge in [-0.05, 0) is 24.3 Å². The zero-order chi connectivity index (χ0) is 13.0. The number of hydrogen-bond donors (Lipinski definition) is 3. The molecule has 0 bridgehead atoms. The van der Waals surface area contributed by atoms with E-state index in [-0.39, 0.29) is 17.7 Å². The van der Waals surface area contributed by atoms with Crippen molar-refractivity contribution in [3.8, 4) is 0 Å². The highest BCUT2D eigenvalue weighted by Gasteiger charge is 2.29. The van der Waals surface area contributed by atoms with Crippen molar-refractivity contribution in [2.75, 3.05) is 13.1 Å². The molecule has 2 rings (SSSR count). The van der Waals surface area contributed by atoms with Crippen molar-refractivity contribution in [2.24, 2.45) is 11.7 Å². The number of amides is 2. The molecule has 1 heterocycles. The summed E-state index contributed by atoms with van der Waals surface area (Å²) in [5.74, 6) is 0.0824. The monoisotopic (exact) mass is 267 g/mol. The van der Waals surface area contributed by atoms with E-state index in [4.69, 9.17) is 5.73 Å². The zero-order valence-electron chi connectivity index (χ0n) is 10.0. The largest absolute Gasteiger partial charge is 0.354 e. The predicted molar refractivity (Wildman–Crippen MR) is 70.0 cm³/mol. The fourth-order valence-corrected chi connectivity index (χ4v) is 2.29. The Labute approximate surface area is 110 Å². The van der Waals surface area contributed by atoms with Crippen LogP contribution in [0, 0.1) is 5.92 Å². The van der Waals surface area contributed by atoms with Crippen LogP contribution in [0.2, 0.25) is 0 Å². The standard InChI is InChI=1S/C12H17N3O2S/c13-10(9-2-1-7-18-9)12(17)15-6-5-14-11(16)8-3-4-8/h1-2,7-8,10H,3-6,13H2,(H,14,16)(H,15,17). The quantitative estimate of drug-likeness (QED) is 0.652. The maximum absolute atomic E-state index is 11.7. The number of hydrogen-bond acceptors (Lipinski definition) is 4. The van der Waals surface area contributed by atoms with Gasteiger partial charge in [0.15, 0.2) is 0 Å². The first-order chi connectivity index (χ1) is 8.68. The first-order valence-electron chi connectivity index (χ1n) is 6.03. The lowest BCUT2D eigenvalue weighted by atomic mass is 10.2. The summed E-state index contributed by atoms with van der Waals surface area (Å²) in [5, 5.41) is 7.38. The molecule has 0 aliphatic heterocycles. The van der Waals surface area contributed by atoms with Gasteiger partial charge >= 0.3 is 0 Å². The first-order valence-corrected chi connectivity index (χ1v) is 6.91. The summed E-state index contributed by atoms with van der Waals surface area (Å²) in [6.07, 6.45) is 1.98. The van der Waals surface area contributed by atoms with Crippen LogP contribution < -0.4 is 16.4 Å². The first kappa shape index (κ1) is 13.0. The molecule has 1 fully saturated rings. The lowest BCUT2D eigenvalue weighted by molar-refractivity contribution is -0.124. The molecule has 98 valence electrons. The molecule has 1 saturated carbocycles. The summed E-state index contributed by atoms with van der Waals surface area (Å²) in [4.78, 5) is 23.9. The third kappa shape index (κ3) is 3.54. The summed E-state index contributed by atoms with van der Waals surface area (Å²) in [6.45, 7) is 0.870. The van der Waals surface area contributed by atoms with E-state index in [2.05, 4.69) is 10.6 Å². The molecule has 6 heteroatoms. The van der Waals surface area contributed by atoms with Gasteiger partial charge in [-0.3, -0.25) is 9.59 Å². The molecule has 5 nitrogen and oxygen atoms in total. The van der Waals surface area contributed by atoms with Crippen LogP contribution in [0.25, 0.3) is 0 Å². The van der Waals surface area contributed by atoms with Gasteiger partial charge in [0.05, 0.1) is 0 Å². The molecule has 1 aliphatic carbocycles. The average molecular weight is 267 g/mol. The third-order valence-corrected chi connectivity index (χ3v) is 3.76. The van der Waals surface area contributed by atoms with Gasteiger partial charge < -0.3 is 16.4 Å². The van der Waals surface area contributed by atoms with E-state index in [0.29, 0.717) is 13.1 Å². The van der Waals surface area contributed by atoms with Gasteiger partial charge in [0, 0.05) is 23.9 Å². The van der Waals surface area contributed by atoms with E-state index in [9.17, 15) is 9.59 Å². The Morgan fingerprint density at radius 2 is 2.11 bits per heavy atom. The SMILES string of the molecule is NC(C(=O)NCCNC(=O)C1CC1)c1cccs1. The molecule has 0 spiro atoms. The van der Waals surface area contributed by atoms with Gasteiger partial charge in [0.25, 0.3) is 0 Å². The molecule has 0 saturated heterocycles. The van der Waals surface area contributed by atoms with Crippen LogP contribution in [0.3, 0.4) is 0 Å². The Balaban J connectivity index is 1.63. The maximum Gasteiger partial charge on any atom is 0.242 e. The Morgan fingerprint density at radius 3 is 2.72 bits per heavy atom. The molecular weight excluding hydrogens is 250 g/mol. The van der Waals surface area contributed by atoms with Crippen molar-refractivity contribution in [2.45, 2.75) is 18.9 Å². The summed E-state index contributed by atoms with van der Waals surface area (Å²) in [5.41, 5.74) is 5.79. The van der Waals surface area contributed by atoms with Crippen molar-refractivity contribution in [1.82, 2.24) is 10.6 Å². The van der Waals surface area contributed by atoms with Gasteiger partial charge in [-0.2, -0.15) is 0 Å². The minimum Gasteiger partial charge on any atom is -0.354 e. The molecule has 18 heavy (non-hydrogen) atoms. The summed E-state index contributed by atoms with van der Waals surface area (Å²) < 4.78 is 0. The maximum atomic E-state index is 11.7. The molecule has 0 radical (unpaired) electrons. The lowest BCUT2D eigenvalue weighted by Gasteiger charge is -2.11. The minimum atomic E-state index is -0.621. The molecule has 1 atom stereocenters. The minimum absolute atomic E-state index is 0.0896. The highest BCUT2D eigenvalue weighted by molar-refractivity contribution is 7.10. The predicted octanol–water partition coefficient (Wildman–Crippen LogP) is 0.390. The molecule has 1 aliphatic rings. The molecule has 0 aromatic carbocycles. The zero-order valence-corrected chi connectivity index (χ0v) is 10.8. The van der Waals surface area contributed by atoms with Crippen LogP contribution in [0.15, 0.2) is 17.5 Å². The fraction of sp³-hybridized carbons (Fsp3) is 0.500. The number of nitrogens with two attached hydrogens (primary N) is 1. The Hall–Kier alpha value is -1.40. The van der Waals surface area contributed by atoms with E-state index in [1.807, 2.05) is 17.5 Å². The third-order valence-electron chi connectivity index (χ3n) is 2.80. The second-order valence-electron chi connectivity index (χ2n) is 4.35. The number of carbonyl (C=O) groups is 2. The van der Waals surface area contributed by atoms with Crippen molar-refractivity contribution in [3.63, 3.8) is 0 Å². The van der Waals surface area contributed by atoms with E-state index >= 15 is 0 Å². The molecule has 4 N–H and O–H groups in total. The van der Waals surface area contributed by atoms with Crippen molar-refractivity contribution < 1.29 is 9.59 Å². The van der Waals surface area contributed by atoms with Gasteiger partial charge in [0.2, 0.25) is 11.8 Å². The Morgan fingerprint density at radius 1 is 1.39 bits per heavy atom. The highest BCUT2D eigenvalue weighted by atomic mass is 32.1. The van der Waals surface area contributed by atoms with Gasteiger partial charge in [-0.25, -0.2) is 0 Å². The lowest BCUT2D eigenvalue weighted by Crippen LogP contribution is -2.39. The van der Waals surface area contributed by atoms with E-state index < -0.39 is 6.04 Å². The average Bonchev–Trinajstić information content (AvgIpc) is 3.08. The van der Waals surface area contributed by atoms with Crippen LogP contribution in [0.4, 0.5) is 0 Å². The number of rotatable bonds is 6. The smallest absolute Gasteiger partial charge is 0.242 e. The summed E-state index contributed by atoms with van der Waals surface area (Å²) >= 11 is 1.46. The number of carbonyl (C=O) groups excluding carboxylic acids is 2. The number of nitrogens with one attached hydrogen (secondary N) is 2. The van der Waals surface area contributed by atoms with E-state index in [1.54, 1.807) is 0 Å². The number of thiophene rings is 1. The molecule has 1 aromatic rings. The second-order valence-corrected chi connectivity index (χ2v) is 5.33. The topological polar surface area (TPSA) is 84.2 Å². The van der Waals surface area contributed by atoms with E-state index in [1.165, 1.54) is 11.3 Å². The van der Waals surface area contributed by atoms with Crippen LogP contribution in [0.1, 0.15) is 23.8 Å². The van der Waals surface area contributed by atoms with Gasteiger partial charge in [-0.15, -0.1) is 11.3 Å². The van der Waals surface area contributed by atoms with Crippen LogP contribution in [-0.2, 0) is 9.59 Å². The van der Waals surface area contributed by atoms with Crippen LogP contribution >= 0.6 is 11.3 Å². The van der Waals surface area contributed by atoms with Crippen LogP contribution in [0.5, 0.6) is 0 Å². The summed E-state index contributed by atoms with van der Waals surface area (Å²) in [6, 6.07) is 3.08. The van der Waals surface area contributed by atoms with Crippen molar-refractivity contribution in [1.29, 1.82) is 0 Å². The fourth-order valence-electron chi connectivity index (χ4n) is 1.57. The van der Waals surface area contributed by atoms with Gasteiger partial charge in [-0.1, -0.05) is 6.07 Å². The molecule has 1 aromatic heterocycles. The molecular formula is C12H17N3O2S. The highest BCUT2D eigenvalue weighted by Crippen LogP contribution is 2.28.